The minimum absolute atomic E-state index is 0. The molecule has 0 radical (unpaired) electrons. The highest BCUT2D eigenvalue weighted by Gasteiger charge is 2.21. The van der Waals surface area contributed by atoms with E-state index in [4.69, 9.17) is 4.42 Å². The van der Waals surface area contributed by atoms with Gasteiger partial charge in [0.05, 0.1) is 47.3 Å². The summed E-state index contributed by atoms with van der Waals surface area (Å²) < 4.78 is 8.31. The van der Waals surface area contributed by atoms with Gasteiger partial charge in [-0.15, -0.1) is 0 Å². The zero-order chi connectivity index (χ0) is 21.2. The molecule has 0 saturated carbocycles. The van der Waals surface area contributed by atoms with Crippen molar-refractivity contribution >= 4 is 11.0 Å². The molecule has 1 aromatic heterocycles. The minimum Gasteiger partial charge on any atom is -1.00 e. The van der Waals surface area contributed by atoms with E-state index in [-0.39, 0.29) is 48.0 Å². The van der Waals surface area contributed by atoms with Crippen molar-refractivity contribution in [1.29, 1.82) is 0 Å². The number of nitrogens with zero attached hydrogens (tertiary/aromatic N) is 2. The van der Waals surface area contributed by atoms with E-state index >= 15 is 0 Å². The van der Waals surface area contributed by atoms with Crippen molar-refractivity contribution in [2.24, 2.45) is 0 Å². The molecule has 1 atom stereocenters. The van der Waals surface area contributed by atoms with Crippen LogP contribution in [0.2, 0.25) is 0 Å². The zero-order valence-electron chi connectivity index (χ0n) is 20.6. The number of quaternary nitrogens is 2. The van der Waals surface area contributed by atoms with E-state index in [2.05, 4.69) is 65.3 Å². The average Bonchev–Trinajstić information content (AvgIpc) is 3.11. The third-order valence-electron chi connectivity index (χ3n) is 6.85. The molecule has 0 aliphatic carbocycles. The summed E-state index contributed by atoms with van der Waals surface area (Å²) in [6.07, 6.45) is 11.1. The lowest BCUT2D eigenvalue weighted by Crippen LogP contribution is -3.00. The fraction of sp³-hybridized carbons (Fsp3) is 0.692. The van der Waals surface area contributed by atoms with Gasteiger partial charge in [0.25, 0.3) is 0 Å². The minimum atomic E-state index is 0. The zero-order valence-corrected chi connectivity index (χ0v) is 25.0. The molecule has 0 N–H and O–H groups in total. The Morgan fingerprint density at radius 1 is 0.710 bits per heavy atom. The predicted molar refractivity (Wildman–Crippen MR) is 126 cm³/mol. The van der Waals surface area contributed by atoms with Crippen LogP contribution in [-0.4, -0.2) is 56.3 Å². The molecule has 5 heteroatoms. The third-order valence-corrected chi connectivity index (χ3v) is 6.85. The van der Waals surface area contributed by atoms with Crippen LogP contribution in [0.25, 0.3) is 11.0 Å². The summed E-state index contributed by atoms with van der Waals surface area (Å²) in [5.41, 5.74) is 1.02. The van der Waals surface area contributed by atoms with E-state index in [1.807, 2.05) is 0 Å². The van der Waals surface area contributed by atoms with E-state index in [0.29, 0.717) is 0 Å². The van der Waals surface area contributed by atoms with Crippen LogP contribution in [0.4, 0.5) is 0 Å². The third kappa shape index (κ3) is 11.7. The number of furan rings is 1. The molecule has 0 amide bonds. The molecular formula is C26H46I2N2O. The maximum atomic E-state index is 6.07. The van der Waals surface area contributed by atoms with Crippen LogP contribution in [0.15, 0.2) is 34.7 Å². The summed E-state index contributed by atoms with van der Waals surface area (Å²) in [5, 5.41) is 1.22. The first-order valence-corrected chi connectivity index (χ1v) is 12.0. The van der Waals surface area contributed by atoms with E-state index in [1.165, 1.54) is 80.9 Å². The van der Waals surface area contributed by atoms with Gasteiger partial charge in [0.1, 0.15) is 12.1 Å². The maximum absolute atomic E-state index is 6.07. The lowest BCUT2D eigenvalue weighted by molar-refractivity contribution is -0.922. The summed E-state index contributed by atoms with van der Waals surface area (Å²) in [6.45, 7) is 10.6. The highest BCUT2D eigenvalue weighted by atomic mass is 127. The number of hydrogen-bond donors (Lipinski definition) is 0. The highest BCUT2D eigenvalue weighted by molar-refractivity contribution is 5.77. The van der Waals surface area contributed by atoms with Gasteiger partial charge < -0.3 is 61.3 Å². The molecule has 2 rings (SSSR count). The topological polar surface area (TPSA) is 13.1 Å². The number of hydrogen-bond acceptors (Lipinski definition) is 1. The van der Waals surface area contributed by atoms with Gasteiger partial charge in [-0.1, -0.05) is 43.9 Å². The van der Waals surface area contributed by atoms with Crippen molar-refractivity contribution in [2.75, 3.05) is 47.3 Å². The highest BCUT2D eigenvalue weighted by Crippen LogP contribution is 2.22. The number of para-hydroxylation sites is 1. The molecule has 1 unspecified atom stereocenters. The van der Waals surface area contributed by atoms with Crippen molar-refractivity contribution < 1.29 is 61.3 Å². The standard InChI is InChI=1S/C26H46N2O.2HI/c1-6-27(3,4)20-16-12-10-8-9-11-13-17-21-28(5,7-2)23-25-22-24-18-14-15-19-26(24)29-25;;/h14-15,18-19,22H,6-13,16-17,20-21,23H2,1-5H3;2*1H/q+2;;/p-2. The maximum Gasteiger partial charge on any atom is 0.159 e. The van der Waals surface area contributed by atoms with Gasteiger partial charge in [-0.05, 0) is 51.7 Å². The largest absolute Gasteiger partial charge is 1.00 e. The smallest absolute Gasteiger partial charge is 0.159 e. The van der Waals surface area contributed by atoms with Gasteiger partial charge in [0.2, 0.25) is 0 Å². The van der Waals surface area contributed by atoms with Crippen LogP contribution in [0.1, 0.15) is 71.0 Å². The first kappa shape index (κ1) is 31.1. The predicted octanol–water partition coefficient (Wildman–Crippen LogP) is 0.624. The van der Waals surface area contributed by atoms with Crippen molar-refractivity contribution in [3.05, 3.63) is 36.1 Å². The van der Waals surface area contributed by atoms with Gasteiger partial charge in [-0.25, -0.2) is 0 Å². The molecule has 0 aliphatic heterocycles. The second kappa shape index (κ2) is 15.9. The molecule has 0 aliphatic rings. The number of halogens is 2. The summed E-state index contributed by atoms with van der Waals surface area (Å²) >= 11 is 0. The molecule has 0 spiro atoms. The first-order chi connectivity index (χ1) is 13.9. The molecule has 3 nitrogen and oxygen atoms in total. The van der Waals surface area contributed by atoms with Crippen molar-refractivity contribution in [2.45, 2.75) is 71.8 Å². The van der Waals surface area contributed by atoms with Gasteiger partial charge in [0, 0.05) is 5.39 Å². The molecule has 0 bridgehead atoms. The summed E-state index contributed by atoms with van der Waals surface area (Å²) in [4.78, 5) is 0. The van der Waals surface area contributed by atoms with E-state index < -0.39 is 0 Å². The van der Waals surface area contributed by atoms with Gasteiger partial charge >= 0.3 is 0 Å². The number of unbranched alkanes of at least 4 members (excludes halogenated alkanes) is 7. The molecule has 2 aromatic rings. The van der Waals surface area contributed by atoms with Gasteiger partial charge in [-0.3, -0.25) is 0 Å². The fourth-order valence-electron chi connectivity index (χ4n) is 4.09. The Hall–Kier alpha value is 0.140. The lowest BCUT2D eigenvalue weighted by Gasteiger charge is -2.32. The Morgan fingerprint density at radius 2 is 1.26 bits per heavy atom. The van der Waals surface area contributed by atoms with E-state index in [0.717, 1.165) is 28.9 Å². The molecule has 0 saturated heterocycles. The van der Waals surface area contributed by atoms with Crippen molar-refractivity contribution in [3.8, 4) is 0 Å². The average molecular weight is 656 g/mol. The first-order valence-electron chi connectivity index (χ1n) is 12.0. The Labute approximate surface area is 226 Å². The van der Waals surface area contributed by atoms with Crippen LogP contribution in [0.3, 0.4) is 0 Å². The van der Waals surface area contributed by atoms with Crippen LogP contribution >= 0.6 is 0 Å². The van der Waals surface area contributed by atoms with Crippen LogP contribution in [-0.2, 0) is 6.54 Å². The fourth-order valence-corrected chi connectivity index (χ4v) is 4.09. The lowest BCUT2D eigenvalue weighted by atomic mass is 10.1. The molecule has 180 valence electrons. The van der Waals surface area contributed by atoms with Crippen LogP contribution in [0, 0.1) is 0 Å². The Bertz CT molecular complexity index is 683. The molecule has 1 heterocycles. The number of fused-ring (bicyclic) bond motifs is 1. The second-order valence-electron chi connectivity index (χ2n) is 9.87. The summed E-state index contributed by atoms with van der Waals surface area (Å²) in [7, 11) is 7.07. The summed E-state index contributed by atoms with van der Waals surface area (Å²) in [5.74, 6) is 1.13. The Morgan fingerprint density at radius 3 is 1.81 bits per heavy atom. The summed E-state index contributed by atoms with van der Waals surface area (Å²) in [6, 6.07) is 10.6. The molecular weight excluding hydrogens is 610 g/mol. The molecule has 0 fully saturated rings. The normalized spacial score (nSPS) is 13.5. The quantitative estimate of drug-likeness (QED) is 0.156. The second-order valence-corrected chi connectivity index (χ2v) is 9.87. The van der Waals surface area contributed by atoms with Crippen molar-refractivity contribution in [1.82, 2.24) is 0 Å². The van der Waals surface area contributed by atoms with E-state index in [9.17, 15) is 0 Å². The number of benzene rings is 1. The van der Waals surface area contributed by atoms with Gasteiger partial charge in [0.15, 0.2) is 5.76 Å². The van der Waals surface area contributed by atoms with Crippen LogP contribution in [0.5, 0.6) is 0 Å². The molecule has 1 aromatic carbocycles. The van der Waals surface area contributed by atoms with Gasteiger partial charge in [-0.2, -0.15) is 0 Å². The van der Waals surface area contributed by atoms with E-state index in [1.54, 1.807) is 0 Å². The molecule has 31 heavy (non-hydrogen) atoms. The number of rotatable bonds is 15. The van der Waals surface area contributed by atoms with Crippen LogP contribution < -0.4 is 48.0 Å². The Balaban J connectivity index is 0.00000450. The SMILES string of the molecule is CC[N+](C)(C)CCCCCCCCCC[N+](C)(CC)Cc1cc2ccccc2o1.[I-].[I-]. The monoisotopic (exact) mass is 656 g/mol. The Kier molecular flexibility index (Phi) is 16.0. The van der Waals surface area contributed by atoms with Crippen molar-refractivity contribution in [3.63, 3.8) is 0 Å².